The molecule has 0 saturated carbocycles. The van der Waals surface area contributed by atoms with Crippen molar-refractivity contribution in [1.29, 1.82) is 0 Å². The highest BCUT2D eigenvalue weighted by atomic mass is 16.5. The van der Waals surface area contributed by atoms with Gasteiger partial charge in [0, 0.05) is 16.7 Å². The number of benzene rings is 2. The second kappa shape index (κ2) is 20.7. The summed E-state index contributed by atoms with van der Waals surface area (Å²) < 4.78 is 18.4. The Morgan fingerprint density at radius 3 is 1.61 bits per heavy atom. The smallest absolute Gasteiger partial charge is 0.154 e. The summed E-state index contributed by atoms with van der Waals surface area (Å²) >= 11 is 0. The minimum absolute atomic E-state index is 0.0200. The van der Waals surface area contributed by atoms with Crippen LogP contribution in [0.2, 0.25) is 0 Å². The number of allylic oxidation sites excluding steroid dienone is 8. The Morgan fingerprint density at radius 1 is 0.714 bits per heavy atom. The largest absolute Gasteiger partial charge is 0.508 e. The van der Waals surface area contributed by atoms with Gasteiger partial charge in [0.25, 0.3) is 0 Å². The van der Waals surface area contributed by atoms with E-state index in [2.05, 4.69) is 86.6 Å². The van der Waals surface area contributed by atoms with Crippen LogP contribution in [0.1, 0.15) is 168 Å². The highest BCUT2D eigenvalue weighted by molar-refractivity contribution is 5.94. The Morgan fingerprint density at radius 2 is 1.18 bits per heavy atom. The second-order valence-electron chi connectivity index (χ2n) is 17.0. The van der Waals surface area contributed by atoms with Crippen LogP contribution < -0.4 is 14.2 Å². The van der Waals surface area contributed by atoms with E-state index in [1.54, 1.807) is 7.11 Å². The molecule has 0 saturated heterocycles. The molecule has 1 N–H and O–H groups in total. The minimum atomic E-state index is -0.463. The number of hydrogen-bond acceptors (Lipinski definition) is 7. The van der Waals surface area contributed by atoms with Gasteiger partial charge in [-0.05, 0) is 156 Å². The Bertz CT molecular complexity index is 1830. The van der Waals surface area contributed by atoms with E-state index in [-0.39, 0.29) is 28.4 Å². The molecule has 2 aliphatic heterocycles. The van der Waals surface area contributed by atoms with E-state index in [9.17, 15) is 19.5 Å². The highest BCUT2D eigenvalue weighted by Gasteiger charge is 2.41. The lowest BCUT2D eigenvalue weighted by molar-refractivity contribution is 0.00875. The van der Waals surface area contributed by atoms with Gasteiger partial charge in [0.15, 0.2) is 18.9 Å². The number of fused-ring (bicyclic) bond motifs is 2. The van der Waals surface area contributed by atoms with Gasteiger partial charge in [0.05, 0.1) is 18.2 Å². The lowest BCUT2D eigenvalue weighted by atomic mass is 9.78. The lowest BCUT2D eigenvalue weighted by Gasteiger charge is -2.42. The average molecular weight is 769 g/mol. The fourth-order valence-electron chi connectivity index (χ4n) is 7.61. The molecular weight excluding hydrogens is 701 g/mol. The van der Waals surface area contributed by atoms with Crippen LogP contribution in [-0.2, 0) is 12.8 Å². The molecule has 0 aromatic heterocycles. The van der Waals surface area contributed by atoms with Crippen molar-refractivity contribution in [3.63, 3.8) is 0 Å². The molecule has 7 nitrogen and oxygen atoms in total. The lowest BCUT2D eigenvalue weighted by Crippen LogP contribution is -2.44. The van der Waals surface area contributed by atoms with Crippen LogP contribution in [0.4, 0.5) is 0 Å². The molecule has 0 spiro atoms. The van der Waals surface area contributed by atoms with Crippen molar-refractivity contribution in [1.82, 2.24) is 0 Å². The summed E-state index contributed by atoms with van der Waals surface area (Å²) in [4.78, 5) is 34.6. The number of aryl methyl sites for hydroxylation is 1. The predicted octanol–water partition coefficient (Wildman–Crippen LogP) is 12.4. The SMILES string of the molecule is CC(C)=CCC/C(C)=C/CC[C@]1(C)Oc2c(C=O)c(C=O)cc(O)c2C[C@@H]1C.COc1cc(C)c(C=O)c2c1C[C@H](C)[C@](C)(CC/C=C(\C)CCC=C(C)C)O2. The molecule has 7 heteroatoms. The van der Waals surface area contributed by atoms with Crippen LogP contribution in [0.3, 0.4) is 0 Å². The number of hydrogen-bond donors (Lipinski definition) is 1. The molecule has 0 radical (unpaired) electrons. The van der Waals surface area contributed by atoms with Crippen LogP contribution in [-0.4, -0.2) is 42.3 Å². The van der Waals surface area contributed by atoms with Gasteiger partial charge in [-0.25, -0.2) is 0 Å². The first-order chi connectivity index (χ1) is 26.4. The van der Waals surface area contributed by atoms with Crippen molar-refractivity contribution >= 4 is 18.9 Å². The molecule has 0 aliphatic carbocycles. The van der Waals surface area contributed by atoms with Crippen LogP contribution in [0.15, 0.2) is 58.7 Å². The van der Waals surface area contributed by atoms with Gasteiger partial charge in [-0.3, -0.25) is 14.4 Å². The topological polar surface area (TPSA) is 99.1 Å². The minimum Gasteiger partial charge on any atom is -0.508 e. The van der Waals surface area contributed by atoms with Crippen molar-refractivity contribution in [2.24, 2.45) is 11.8 Å². The molecule has 4 rings (SSSR count). The Balaban J connectivity index is 0.000000300. The number of aromatic hydroxyl groups is 1. The van der Waals surface area contributed by atoms with E-state index in [4.69, 9.17) is 14.2 Å². The summed E-state index contributed by atoms with van der Waals surface area (Å²) in [6, 6.07) is 3.30. The standard InChI is InChI=1S/C25H36O3.C24H32O4/c1-17(2)10-8-11-18(3)12-9-13-25(6)20(5)15-21-23(27-7)14-19(4)22(16-26)24(21)28-25;1-16(2)8-6-9-17(3)10-7-11-24(5)18(4)12-20-22(27)13-19(14-25)21(15-26)23(20)28-24/h10,12,14,16,20H,8-9,11,13,15H2,1-7H3;8,10,13-15,18,27H,6-7,9,11-12H2,1-5H3/b18-12+;17-10+/t20-,25-;18-,24-/m00/s1. The Kier molecular flexibility index (Phi) is 17.0. The summed E-state index contributed by atoms with van der Waals surface area (Å²) in [7, 11) is 1.68. The van der Waals surface area contributed by atoms with Crippen molar-refractivity contribution < 1.29 is 33.7 Å². The van der Waals surface area contributed by atoms with Gasteiger partial charge in [-0.15, -0.1) is 0 Å². The predicted molar refractivity (Wildman–Crippen MR) is 229 cm³/mol. The van der Waals surface area contributed by atoms with Crippen LogP contribution in [0, 0.1) is 18.8 Å². The molecule has 56 heavy (non-hydrogen) atoms. The first-order valence-corrected chi connectivity index (χ1v) is 20.3. The fourth-order valence-corrected chi connectivity index (χ4v) is 7.61. The van der Waals surface area contributed by atoms with E-state index in [0.29, 0.717) is 41.8 Å². The third-order valence-corrected chi connectivity index (χ3v) is 11.8. The van der Waals surface area contributed by atoms with E-state index in [1.807, 2.05) is 19.9 Å². The quantitative estimate of drug-likeness (QED) is 0.134. The van der Waals surface area contributed by atoms with Gasteiger partial charge < -0.3 is 19.3 Å². The summed E-state index contributed by atoms with van der Waals surface area (Å²) in [5.74, 6) is 2.44. The number of phenolic OH excluding ortho intramolecular Hbond substituents is 1. The Hall–Kier alpha value is -4.39. The highest BCUT2D eigenvalue weighted by Crippen LogP contribution is 2.47. The molecule has 4 atom stereocenters. The number of methoxy groups -OCH3 is 1. The summed E-state index contributed by atoms with van der Waals surface area (Å²) in [6.07, 6.45) is 20.7. The molecule has 0 unspecified atom stereocenters. The fraction of sp³-hybridized carbons (Fsp3) is 0.531. The van der Waals surface area contributed by atoms with Gasteiger partial charge in [0.1, 0.15) is 34.2 Å². The van der Waals surface area contributed by atoms with E-state index in [0.717, 1.165) is 86.7 Å². The molecular formula is C49H68O7. The van der Waals surface area contributed by atoms with Crippen molar-refractivity contribution in [3.05, 3.63) is 92.1 Å². The molecule has 2 heterocycles. The summed E-state index contributed by atoms with van der Waals surface area (Å²) in [6.45, 7) is 23.4. The monoisotopic (exact) mass is 768 g/mol. The zero-order chi connectivity index (χ0) is 41.8. The summed E-state index contributed by atoms with van der Waals surface area (Å²) in [5.41, 5.74) is 8.34. The number of aldehydes is 3. The van der Waals surface area contributed by atoms with Crippen LogP contribution in [0.25, 0.3) is 0 Å². The second-order valence-corrected chi connectivity index (χ2v) is 17.0. The molecule has 306 valence electrons. The maximum atomic E-state index is 11.7. The van der Waals surface area contributed by atoms with Gasteiger partial charge in [-0.1, -0.05) is 60.4 Å². The zero-order valence-electron chi connectivity index (χ0n) is 36.3. The number of carbonyl (C=O) groups excluding carboxylic acids is 3. The first kappa shape index (κ1) is 46.0. The molecule has 2 aliphatic rings. The number of ether oxygens (including phenoxy) is 3. The maximum Gasteiger partial charge on any atom is 0.154 e. The number of phenols is 1. The van der Waals surface area contributed by atoms with E-state index in [1.165, 1.54) is 28.4 Å². The average Bonchev–Trinajstić information content (AvgIpc) is 3.13. The van der Waals surface area contributed by atoms with Crippen LogP contribution >= 0.6 is 0 Å². The first-order valence-electron chi connectivity index (χ1n) is 20.3. The Labute approximate surface area is 337 Å². The zero-order valence-corrected chi connectivity index (χ0v) is 36.3. The van der Waals surface area contributed by atoms with Gasteiger partial charge >= 0.3 is 0 Å². The molecule has 0 fully saturated rings. The molecule has 0 amide bonds. The third kappa shape index (κ3) is 11.8. The summed E-state index contributed by atoms with van der Waals surface area (Å²) in [5, 5.41) is 10.3. The maximum absolute atomic E-state index is 11.7. The normalized spacial score (nSPS) is 21.5. The number of rotatable bonds is 16. The molecule has 2 aromatic rings. The van der Waals surface area contributed by atoms with Gasteiger partial charge in [-0.2, -0.15) is 0 Å². The van der Waals surface area contributed by atoms with Gasteiger partial charge in [0.2, 0.25) is 0 Å². The number of carbonyl (C=O) groups is 3. The van der Waals surface area contributed by atoms with Crippen molar-refractivity contribution in [3.8, 4) is 23.0 Å². The third-order valence-electron chi connectivity index (χ3n) is 11.8. The van der Waals surface area contributed by atoms with Crippen molar-refractivity contribution in [2.45, 2.75) is 152 Å². The molecule has 2 aromatic carbocycles. The van der Waals surface area contributed by atoms with Crippen LogP contribution in [0.5, 0.6) is 23.0 Å². The van der Waals surface area contributed by atoms with E-state index < -0.39 is 5.60 Å². The molecule has 0 bridgehead atoms. The van der Waals surface area contributed by atoms with Crippen molar-refractivity contribution in [2.75, 3.05) is 7.11 Å². The van der Waals surface area contributed by atoms with E-state index >= 15 is 0 Å².